The highest BCUT2D eigenvalue weighted by atomic mass is 32.2. The van der Waals surface area contributed by atoms with E-state index in [-0.39, 0.29) is 18.8 Å². The molecule has 2 aromatic rings. The lowest BCUT2D eigenvalue weighted by Crippen LogP contribution is -2.40. The molecule has 29 heavy (non-hydrogen) atoms. The number of hydrogen-bond donors (Lipinski definition) is 1. The molecule has 158 valence electrons. The average Bonchev–Trinajstić information content (AvgIpc) is 2.70. The van der Waals surface area contributed by atoms with E-state index in [0.717, 1.165) is 21.9 Å². The Morgan fingerprint density at radius 3 is 2.24 bits per heavy atom. The SMILES string of the molecule is CCOc1ccc(CNC(=O)CN(c2cc(OC)ccc2OC)S(C)(=O)=O)cc1. The van der Waals surface area contributed by atoms with Crippen LogP contribution >= 0.6 is 0 Å². The monoisotopic (exact) mass is 422 g/mol. The molecule has 0 aliphatic rings. The van der Waals surface area contributed by atoms with Crippen molar-refractivity contribution < 1.29 is 27.4 Å². The number of amides is 1. The highest BCUT2D eigenvalue weighted by molar-refractivity contribution is 7.92. The van der Waals surface area contributed by atoms with Crippen LogP contribution in [0.5, 0.6) is 17.2 Å². The predicted octanol–water partition coefficient (Wildman–Crippen LogP) is 2.18. The molecule has 0 fully saturated rings. The van der Waals surface area contributed by atoms with Crippen LogP contribution in [0.25, 0.3) is 0 Å². The standard InChI is InChI=1S/C20H26N2O6S/c1-5-28-16-8-6-15(7-9-16)13-21-20(23)14-22(29(4,24)25)18-12-17(26-2)10-11-19(18)27-3/h6-12H,5,13-14H2,1-4H3,(H,21,23). The summed E-state index contributed by atoms with van der Waals surface area (Å²) in [7, 11) is -0.845. The molecule has 2 aromatic carbocycles. The van der Waals surface area contributed by atoms with Gasteiger partial charge in [-0.05, 0) is 36.8 Å². The van der Waals surface area contributed by atoms with Gasteiger partial charge in [0.15, 0.2) is 0 Å². The molecular weight excluding hydrogens is 396 g/mol. The van der Waals surface area contributed by atoms with Gasteiger partial charge < -0.3 is 19.5 Å². The minimum absolute atomic E-state index is 0.227. The third-order valence-electron chi connectivity index (χ3n) is 4.07. The summed E-state index contributed by atoms with van der Waals surface area (Å²) in [5.74, 6) is 1.06. The number of benzene rings is 2. The van der Waals surface area contributed by atoms with Crippen molar-refractivity contribution in [2.75, 3.05) is 37.9 Å². The molecule has 0 unspecified atom stereocenters. The van der Waals surface area contributed by atoms with Crippen LogP contribution < -0.4 is 23.8 Å². The van der Waals surface area contributed by atoms with Crippen LogP contribution in [0, 0.1) is 0 Å². The van der Waals surface area contributed by atoms with Crippen molar-refractivity contribution in [1.82, 2.24) is 5.32 Å². The molecule has 0 radical (unpaired) electrons. The summed E-state index contributed by atoms with van der Waals surface area (Å²) in [6, 6.07) is 12.1. The summed E-state index contributed by atoms with van der Waals surface area (Å²) in [6.07, 6.45) is 1.03. The molecule has 2 rings (SSSR count). The van der Waals surface area contributed by atoms with Crippen molar-refractivity contribution in [3.8, 4) is 17.2 Å². The van der Waals surface area contributed by atoms with E-state index in [1.807, 2.05) is 31.2 Å². The van der Waals surface area contributed by atoms with Crippen molar-refractivity contribution in [1.29, 1.82) is 0 Å². The molecule has 1 amide bonds. The van der Waals surface area contributed by atoms with Crippen molar-refractivity contribution in [2.24, 2.45) is 0 Å². The first-order valence-corrected chi connectivity index (χ1v) is 10.8. The van der Waals surface area contributed by atoms with E-state index in [4.69, 9.17) is 14.2 Å². The number of hydrogen-bond acceptors (Lipinski definition) is 6. The van der Waals surface area contributed by atoms with E-state index in [9.17, 15) is 13.2 Å². The van der Waals surface area contributed by atoms with Crippen LogP contribution in [-0.2, 0) is 21.4 Å². The topological polar surface area (TPSA) is 94.2 Å². The molecule has 8 nitrogen and oxygen atoms in total. The van der Waals surface area contributed by atoms with E-state index in [1.165, 1.54) is 20.3 Å². The Labute approximate surface area is 171 Å². The van der Waals surface area contributed by atoms with E-state index in [0.29, 0.717) is 18.1 Å². The molecular formula is C20H26N2O6S. The molecule has 1 N–H and O–H groups in total. The molecule has 0 atom stereocenters. The molecule has 0 heterocycles. The minimum Gasteiger partial charge on any atom is -0.497 e. The Morgan fingerprint density at radius 2 is 1.69 bits per heavy atom. The van der Waals surface area contributed by atoms with Crippen LogP contribution in [0.15, 0.2) is 42.5 Å². The van der Waals surface area contributed by atoms with Gasteiger partial charge in [-0.25, -0.2) is 8.42 Å². The Bertz CT molecular complexity index is 928. The van der Waals surface area contributed by atoms with Crippen LogP contribution in [-0.4, -0.2) is 48.0 Å². The van der Waals surface area contributed by atoms with Crippen molar-refractivity contribution in [2.45, 2.75) is 13.5 Å². The quantitative estimate of drug-likeness (QED) is 0.631. The van der Waals surface area contributed by atoms with Crippen LogP contribution in [0.4, 0.5) is 5.69 Å². The number of ether oxygens (including phenoxy) is 3. The van der Waals surface area contributed by atoms with Gasteiger partial charge in [-0.15, -0.1) is 0 Å². The molecule has 0 saturated heterocycles. The first kappa shape index (κ1) is 22.4. The van der Waals surface area contributed by atoms with Crippen molar-refractivity contribution >= 4 is 21.6 Å². The average molecular weight is 423 g/mol. The molecule has 0 bridgehead atoms. The largest absolute Gasteiger partial charge is 0.497 e. The lowest BCUT2D eigenvalue weighted by Gasteiger charge is -2.24. The molecule has 0 saturated carbocycles. The normalized spacial score (nSPS) is 10.9. The Balaban J connectivity index is 2.14. The smallest absolute Gasteiger partial charge is 0.241 e. The van der Waals surface area contributed by atoms with Crippen molar-refractivity contribution in [3.63, 3.8) is 0 Å². The fourth-order valence-corrected chi connectivity index (χ4v) is 3.48. The summed E-state index contributed by atoms with van der Waals surface area (Å²) >= 11 is 0. The third kappa shape index (κ3) is 6.28. The summed E-state index contributed by atoms with van der Waals surface area (Å²) in [5.41, 5.74) is 1.09. The molecule has 0 aliphatic heterocycles. The number of anilines is 1. The first-order valence-electron chi connectivity index (χ1n) is 8.96. The van der Waals surface area contributed by atoms with Gasteiger partial charge in [0.1, 0.15) is 23.8 Å². The molecule has 0 spiro atoms. The lowest BCUT2D eigenvalue weighted by atomic mass is 10.2. The fourth-order valence-electron chi connectivity index (χ4n) is 2.63. The summed E-state index contributed by atoms with van der Waals surface area (Å²) in [5, 5.41) is 2.73. The van der Waals surface area contributed by atoms with E-state index in [1.54, 1.807) is 12.1 Å². The second kappa shape index (κ2) is 10.0. The number of carbonyl (C=O) groups excluding carboxylic acids is 1. The van der Waals surface area contributed by atoms with Gasteiger partial charge in [0, 0.05) is 12.6 Å². The van der Waals surface area contributed by atoms with Gasteiger partial charge in [0.2, 0.25) is 15.9 Å². The van der Waals surface area contributed by atoms with Gasteiger partial charge in [-0.3, -0.25) is 9.10 Å². The Morgan fingerprint density at radius 1 is 1.03 bits per heavy atom. The zero-order valence-electron chi connectivity index (χ0n) is 17.0. The predicted molar refractivity (Wildman–Crippen MR) is 111 cm³/mol. The summed E-state index contributed by atoms with van der Waals surface area (Å²) in [6.45, 7) is 2.35. The first-order chi connectivity index (χ1) is 13.8. The molecule has 0 aliphatic carbocycles. The van der Waals surface area contributed by atoms with Crippen LogP contribution in [0.3, 0.4) is 0 Å². The summed E-state index contributed by atoms with van der Waals surface area (Å²) in [4.78, 5) is 12.5. The molecule has 0 aromatic heterocycles. The fraction of sp³-hybridized carbons (Fsp3) is 0.350. The number of carbonyl (C=O) groups is 1. The maximum atomic E-state index is 12.5. The van der Waals surface area contributed by atoms with Crippen molar-refractivity contribution in [3.05, 3.63) is 48.0 Å². The Kier molecular flexibility index (Phi) is 7.72. The maximum absolute atomic E-state index is 12.5. The van der Waals surface area contributed by atoms with E-state index >= 15 is 0 Å². The van der Waals surface area contributed by atoms with Gasteiger partial charge in [0.05, 0.1) is 32.8 Å². The number of nitrogens with one attached hydrogen (secondary N) is 1. The number of rotatable bonds is 10. The second-order valence-corrected chi connectivity index (χ2v) is 8.07. The highest BCUT2D eigenvalue weighted by Crippen LogP contribution is 2.33. The number of methoxy groups -OCH3 is 2. The number of nitrogens with zero attached hydrogens (tertiary/aromatic N) is 1. The minimum atomic E-state index is -3.75. The maximum Gasteiger partial charge on any atom is 0.241 e. The zero-order valence-corrected chi connectivity index (χ0v) is 17.8. The Hall–Kier alpha value is -2.94. The lowest BCUT2D eigenvalue weighted by molar-refractivity contribution is -0.119. The van der Waals surface area contributed by atoms with Gasteiger partial charge in [-0.1, -0.05) is 12.1 Å². The van der Waals surface area contributed by atoms with Crippen LogP contribution in [0.2, 0.25) is 0 Å². The van der Waals surface area contributed by atoms with E-state index in [2.05, 4.69) is 5.32 Å². The van der Waals surface area contributed by atoms with Crippen LogP contribution in [0.1, 0.15) is 12.5 Å². The van der Waals surface area contributed by atoms with Gasteiger partial charge in [0.25, 0.3) is 0 Å². The number of sulfonamides is 1. The van der Waals surface area contributed by atoms with E-state index < -0.39 is 15.9 Å². The second-order valence-electron chi connectivity index (χ2n) is 6.16. The van der Waals surface area contributed by atoms with Gasteiger partial charge >= 0.3 is 0 Å². The summed E-state index contributed by atoms with van der Waals surface area (Å²) < 4.78 is 41.5. The van der Waals surface area contributed by atoms with Gasteiger partial charge in [-0.2, -0.15) is 0 Å². The molecule has 9 heteroatoms. The zero-order chi connectivity index (χ0) is 21.4. The third-order valence-corrected chi connectivity index (χ3v) is 5.19. The highest BCUT2D eigenvalue weighted by Gasteiger charge is 2.24.